The average molecular weight is 383 g/mol. The zero-order valence-electron chi connectivity index (χ0n) is 14.3. The third-order valence-electron chi connectivity index (χ3n) is 3.85. The van der Waals surface area contributed by atoms with Crippen LogP contribution in [0.5, 0.6) is 5.88 Å². The SMILES string of the molecule is C#CCOc1nc(Nc2ccc(S(=O)(=O)NCC3CC3)cc2)ncc1C#N. The van der Waals surface area contributed by atoms with Crippen LogP contribution in [0.15, 0.2) is 35.4 Å². The first kappa shape index (κ1) is 18.6. The number of ether oxygens (including phenoxy) is 1. The number of sulfonamides is 1. The van der Waals surface area contributed by atoms with Crippen molar-refractivity contribution >= 4 is 21.7 Å². The largest absolute Gasteiger partial charge is 0.463 e. The van der Waals surface area contributed by atoms with E-state index >= 15 is 0 Å². The molecule has 0 radical (unpaired) electrons. The van der Waals surface area contributed by atoms with Gasteiger partial charge in [-0.2, -0.15) is 10.2 Å². The number of aromatic nitrogens is 2. The van der Waals surface area contributed by atoms with Gasteiger partial charge in [-0.1, -0.05) is 5.92 Å². The number of benzene rings is 1. The molecular weight excluding hydrogens is 366 g/mol. The maximum atomic E-state index is 12.2. The molecule has 1 fully saturated rings. The van der Waals surface area contributed by atoms with Gasteiger partial charge in [-0.3, -0.25) is 0 Å². The van der Waals surface area contributed by atoms with Gasteiger partial charge >= 0.3 is 0 Å². The van der Waals surface area contributed by atoms with Gasteiger partial charge in [0, 0.05) is 12.2 Å². The molecule has 1 aliphatic rings. The summed E-state index contributed by atoms with van der Waals surface area (Å²) in [6.07, 6.45) is 8.62. The van der Waals surface area contributed by atoms with E-state index in [-0.39, 0.29) is 28.9 Å². The molecule has 8 nitrogen and oxygen atoms in total. The highest BCUT2D eigenvalue weighted by molar-refractivity contribution is 7.89. The first-order valence-electron chi connectivity index (χ1n) is 8.22. The molecule has 1 aliphatic carbocycles. The van der Waals surface area contributed by atoms with Crippen molar-refractivity contribution in [2.75, 3.05) is 18.5 Å². The fraction of sp³-hybridized carbons (Fsp3) is 0.278. The number of hydrogen-bond donors (Lipinski definition) is 2. The van der Waals surface area contributed by atoms with Gasteiger partial charge in [0.2, 0.25) is 21.9 Å². The standard InChI is InChI=1S/C18H17N5O3S/c1-2-9-26-17-14(10-19)12-20-18(23-17)22-15-5-7-16(8-6-15)27(24,25)21-11-13-3-4-13/h1,5-8,12-13,21H,3-4,9,11H2,(H,20,22,23). The van der Waals surface area contributed by atoms with Crippen LogP contribution in [0.25, 0.3) is 0 Å². The van der Waals surface area contributed by atoms with Gasteiger partial charge in [-0.15, -0.1) is 6.42 Å². The van der Waals surface area contributed by atoms with Crippen LogP contribution in [0, 0.1) is 29.6 Å². The summed E-state index contributed by atoms with van der Waals surface area (Å²) >= 11 is 0. The second-order valence-electron chi connectivity index (χ2n) is 5.96. The summed E-state index contributed by atoms with van der Waals surface area (Å²) in [5.41, 5.74) is 0.753. The molecule has 1 heterocycles. The van der Waals surface area contributed by atoms with Gasteiger partial charge in [-0.25, -0.2) is 18.1 Å². The van der Waals surface area contributed by atoms with Crippen molar-refractivity contribution in [2.24, 2.45) is 5.92 Å². The Morgan fingerprint density at radius 2 is 2.04 bits per heavy atom. The van der Waals surface area contributed by atoms with Crippen molar-refractivity contribution in [3.05, 3.63) is 36.0 Å². The van der Waals surface area contributed by atoms with Crippen LogP contribution in [0.4, 0.5) is 11.6 Å². The smallest absolute Gasteiger partial charge is 0.240 e. The minimum Gasteiger partial charge on any atom is -0.463 e. The maximum Gasteiger partial charge on any atom is 0.240 e. The lowest BCUT2D eigenvalue weighted by molar-refractivity contribution is 0.354. The molecule has 1 saturated carbocycles. The summed E-state index contributed by atoms with van der Waals surface area (Å²) in [6, 6.07) is 8.13. The molecule has 0 atom stereocenters. The lowest BCUT2D eigenvalue weighted by atomic mass is 10.3. The first-order chi connectivity index (χ1) is 13.0. The van der Waals surface area contributed by atoms with Gasteiger partial charge in [0.15, 0.2) is 6.61 Å². The third kappa shape index (κ3) is 4.94. The van der Waals surface area contributed by atoms with E-state index in [1.165, 1.54) is 18.3 Å². The monoisotopic (exact) mass is 383 g/mol. The molecule has 1 aromatic heterocycles. The molecule has 2 aromatic rings. The van der Waals surface area contributed by atoms with Crippen LogP contribution in [0.1, 0.15) is 18.4 Å². The maximum absolute atomic E-state index is 12.2. The van der Waals surface area contributed by atoms with E-state index < -0.39 is 10.0 Å². The highest BCUT2D eigenvalue weighted by Crippen LogP contribution is 2.28. The number of nitrogens with one attached hydrogen (secondary N) is 2. The molecule has 9 heteroatoms. The van der Waals surface area contributed by atoms with Crippen molar-refractivity contribution in [1.82, 2.24) is 14.7 Å². The molecule has 2 N–H and O–H groups in total. The predicted octanol–water partition coefficient (Wildman–Crippen LogP) is 1.79. The first-order valence-corrected chi connectivity index (χ1v) is 9.70. The number of nitrogens with zero attached hydrogens (tertiary/aromatic N) is 3. The third-order valence-corrected chi connectivity index (χ3v) is 5.29. The zero-order chi connectivity index (χ0) is 19.3. The van der Waals surface area contributed by atoms with Crippen molar-refractivity contribution in [3.8, 4) is 24.3 Å². The van der Waals surface area contributed by atoms with Crippen molar-refractivity contribution in [1.29, 1.82) is 5.26 Å². The van der Waals surface area contributed by atoms with E-state index in [2.05, 4.69) is 25.9 Å². The Hall–Kier alpha value is -3.14. The van der Waals surface area contributed by atoms with Crippen LogP contribution < -0.4 is 14.8 Å². The summed E-state index contributed by atoms with van der Waals surface area (Å²) in [7, 11) is -3.51. The second kappa shape index (κ2) is 8.04. The Bertz CT molecular complexity index is 1000. The number of rotatable bonds is 8. The average Bonchev–Trinajstić information content (AvgIpc) is 3.50. The Morgan fingerprint density at radius 3 is 2.67 bits per heavy atom. The van der Waals surface area contributed by atoms with Crippen LogP contribution in [0.2, 0.25) is 0 Å². The van der Waals surface area contributed by atoms with Gasteiger partial charge in [-0.05, 0) is 43.0 Å². The number of hydrogen-bond acceptors (Lipinski definition) is 7. The van der Waals surface area contributed by atoms with Crippen molar-refractivity contribution in [3.63, 3.8) is 0 Å². The van der Waals surface area contributed by atoms with Crippen molar-refractivity contribution in [2.45, 2.75) is 17.7 Å². The van der Waals surface area contributed by atoms with E-state index in [1.54, 1.807) is 12.1 Å². The summed E-state index contributed by atoms with van der Waals surface area (Å²) < 4.78 is 32.3. The zero-order valence-corrected chi connectivity index (χ0v) is 15.2. The van der Waals surface area contributed by atoms with Crippen LogP contribution in [-0.4, -0.2) is 31.5 Å². The van der Waals surface area contributed by atoms with Crippen LogP contribution >= 0.6 is 0 Å². The number of nitriles is 1. The highest BCUT2D eigenvalue weighted by atomic mass is 32.2. The molecular formula is C18H17N5O3S. The fourth-order valence-electron chi connectivity index (χ4n) is 2.20. The van der Waals surface area contributed by atoms with Gasteiger partial charge in [0.25, 0.3) is 0 Å². The molecule has 0 amide bonds. The quantitative estimate of drug-likeness (QED) is 0.667. The normalized spacial score (nSPS) is 13.4. The molecule has 3 rings (SSSR count). The van der Waals surface area contributed by atoms with Crippen LogP contribution in [-0.2, 0) is 10.0 Å². The molecule has 0 bridgehead atoms. The van der Waals surface area contributed by atoms with Gasteiger partial charge in [0.05, 0.1) is 11.1 Å². The van der Waals surface area contributed by atoms with E-state index in [9.17, 15) is 8.42 Å². The second-order valence-corrected chi connectivity index (χ2v) is 7.73. The predicted molar refractivity (Wildman–Crippen MR) is 98.7 cm³/mol. The topological polar surface area (TPSA) is 117 Å². The molecule has 27 heavy (non-hydrogen) atoms. The van der Waals surface area contributed by atoms with Crippen LogP contribution in [0.3, 0.4) is 0 Å². The van der Waals surface area contributed by atoms with E-state index in [1.807, 2.05) is 6.07 Å². The lowest BCUT2D eigenvalue weighted by Crippen LogP contribution is -2.25. The molecule has 0 saturated heterocycles. The summed E-state index contributed by atoms with van der Waals surface area (Å²) in [4.78, 5) is 8.33. The molecule has 0 spiro atoms. The van der Waals surface area contributed by atoms with E-state index in [0.717, 1.165) is 12.8 Å². The van der Waals surface area contributed by atoms with E-state index in [4.69, 9.17) is 16.4 Å². The Kier molecular flexibility index (Phi) is 5.55. The molecule has 0 unspecified atom stereocenters. The Morgan fingerprint density at radius 1 is 1.30 bits per heavy atom. The molecule has 0 aliphatic heterocycles. The molecule has 138 valence electrons. The minimum absolute atomic E-state index is 0.0223. The fourth-order valence-corrected chi connectivity index (χ4v) is 3.32. The Labute approximate surface area is 157 Å². The minimum atomic E-state index is -3.51. The van der Waals surface area contributed by atoms with Crippen molar-refractivity contribution < 1.29 is 13.2 Å². The lowest BCUT2D eigenvalue weighted by Gasteiger charge is -2.09. The van der Waals surface area contributed by atoms with E-state index in [0.29, 0.717) is 18.2 Å². The Balaban J connectivity index is 1.71. The summed E-state index contributed by atoms with van der Waals surface area (Å²) in [5.74, 6) is 3.04. The van der Waals surface area contributed by atoms with Gasteiger partial charge < -0.3 is 10.1 Å². The number of terminal acetylenes is 1. The summed E-state index contributed by atoms with van der Waals surface area (Å²) in [6.45, 7) is 0.452. The summed E-state index contributed by atoms with van der Waals surface area (Å²) in [5, 5.41) is 12.0. The number of anilines is 2. The highest BCUT2D eigenvalue weighted by Gasteiger charge is 2.24. The van der Waals surface area contributed by atoms with Gasteiger partial charge in [0.1, 0.15) is 11.6 Å². The molecule has 1 aromatic carbocycles.